The smallest absolute Gasteiger partial charge is 0.245 e. The van der Waals surface area contributed by atoms with Gasteiger partial charge in [0.25, 0.3) is 0 Å². The molecular weight excluding hydrogens is 174 g/mol. The molecule has 0 heterocycles. The number of rotatable bonds is 7. The molecule has 0 fully saturated rings. The van der Waals surface area contributed by atoms with Crippen molar-refractivity contribution < 1.29 is 19.7 Å². The third-order valence-electron chi connectivity index (χ3n) is 1.31. The van der Waals surface area contributed by atoms with Crippen LogP contribution in [0.2, 0.25) is 0 Å². The number of aliphatic hydroxyl groups excluding tert-OH is 2. The molecule has 3 N–H and O–H groups in total. The highest BCUT2D eigenvalue weighted by Gasteiger charge is 2.02. The van der Waals surface area contributed by atoms with E-state index in [2.05, 4.69) is 11.9 Å². The summed E-state index contributed by atoms with van der Waals surface area (Å²) < 4.78 is 4.88. The fraction of sp³-hybridized carbons (Fsp3) is 0.625. The maximum Gasteiger partial charge on any atom is 0.245 e. The van der Waals surface area contributed by atoms with Crippen molar-refractivity contribution in [3.63, 3.8) is 0 Å². The molecule has 0 aliphatic rings. The molecule has 0 aromatic carbocycles. The van der Waals surface area contributed by atoms with Crippen molar-refractivity contribution in [2.24, 2.45) is 0 Å². The highest BCUT2D eigenvalue weighted by atomic mass is 16.5. The second-order valence-electron chi connectivity index (χ2n) is 2.43. The summed E-state index contributed by atoms with van der Waals surface area (Å²) in [5.74, 6) is -0.323. The topological polar surface area (TPSA) is 78.8 Å². The van der Waals surface area contributed by atoms with Gasteiger partial charge in [-0.3, -0.25) is 4.79 Å². The van der Waals surface area contributed by atoms with Gasteiger partial charge in [0.1, 0.15) is 6.73 Å². The Labute approximate surface area is 77.0 Å². The Bertz CT molecular complexity index is 160. The summed E-state index contributed by atoms with van der Waals surface area (Å²) in [5.41, 5.74) is 0. The molecule has 0 radical (unpaired) electrons. The zero-order valence-corrected chi connectivity index (χ0v) is 7.40. The molecule has 13 heavy (non-hydrogen) atoms. The van der Waals surface area contributed by atoms with Gasteiger partial charge in [0, 0.05) is 6.61 Å². The van der Waals surface area contributed by atoms with Crippen LogP contribution in [0.4, 0.5) is 0 Å². The third kappa shape index (κ3) is 7.45. The number of aliphatic hydroxyl groups is 2. The Morgan fingerprint density at radius 1 is 1.69 bits per heavy atom. The molecule has 0 bridgehead atoms. The van der Waals surface area contributed by atoms with E-state index in [1.54, 1.807) is 0 Å². The first kappa shape index (κ1) is 12.1. The van der Waals surface area contributed by atoms with Gasteiger partial charge < -0.3 is 20.3 Å². The van der Waals surface area contributed by atoms with E-state index in [4.69, 9.17) is 14.9 Å². The highest BCUT2D eigenvalue weighted by Crippen LogP contribution is 1.90. The number of nitrogens with one attached hydrogen (secondary N) is 1. The summed E-state index contributed by atoms with van der Waals surface area (Å²) in [6.45, 7) is 3.30. The quantitative estimate of drug-likeness (QED) is 0.273. The van der Waals surface area contributed by atoms with Crippen LogP contribution in [0.1, 0.15) is 6.42 Å². The normalized spacial score (nSPS) is 12.2. The van der Waals surface area contributed by atoms with Crippen molar-refractivity contribution in [2.75, 3.05) is 19.9 Å². The summed E-state index contributed by atoms with van der Waals surface area (Å²) in [4.78, 5) is 10.6. The van der Waals surface area contributed by atoms with E-state index in [0.29, 0.717) is 0 Å². The van der Waals surface area contributed by atoms with Crippen molar-refractivity contribution in [1.29, 1.82) is 0 Å². The Hall–Kier alpha value is -0.910. The molecule has 0 saturated heterocycles. The Kier molecular flexibility index (Phi) is 7.18. The Balaban J connectivity index is 3.24. The molecule has 0 spiro atoms. The number of ether oxygens (including phenoxy) is 1. The summed E-state index contributed by atoms with van der Waals surface area (Å²) in [7, 11) is 0. The molecular formula is C8H15NO4. The van der Waals surface area contributed by atoms with Gasteiger partial charge in [-0.1, -0.05) is 6.58 Å². The average molecular weight is 189 g/mol. The van der Waals surface area contributed by atoms with E-state index >= 15 is 0 Å². The number of amides is 1. The number of hydrogen-bond acceptors (Lipinski definition) is 4. The maximum atomic E-state index is 10.6. The van der Waals surface area contributed by atoms with E-state index in [1.807, 2.05) is 0 Å². The van der Waals surface area contributed by atoms with Crippen LogP contribution in [-0.4, -0.2) is 42.2 Å². The molecule has 0 aromatic rings. The van der Waals surface area contributed by atoms with E-state index in [-0.39, 0.29) is 32.3 Å². The first-order valence-corrected chi connectivity index (χ1v) is 3.97. The van der Waals surface area contributed by atoms with Crippen LogP contribution < -0.4 is 5.32 Å². The third-order valence-corrected chi connectivity index (χ3v) is 1.31. The summed E-state index contributed by atoms with van der Waals surface area (Å²) in [5, 5.41) is 19.9. The van der Waals surface area contributed by atoms with Crippen LogP contribution in [0.15, 0.2) is 12.7 Å². The predicted octanol–water partition coefficient (Wildman–Crippen LogP) is -0.994. The fourth-order valence-electron chi connectivity index (χ4n) is 0.622. The lowest BCUT2D eigenvalue weighted by atomic mass is 10.3. The summed E-state index contributed by atoms with van der Waals surface area (Å²) in [6.07, 6.45) is 0.716. The summed E-state index contributed by atoms with van der Waals surface area (Å²) in [6, 6.07) is 0. The van der Waals surface area contributed by atoms with Crippen molar-refractivity contribution in [3.8, 4) is 0 Å². The Morgan fingerprint density at radius 2 is 2.38 bits per heavy atom. The fourth-order valence-corrected chi connectivity index (χ4v) is 0.622. The molecule has 0 rings (SSSR count). The molecule has 0 saturated carbocycles. The van der Waals surface area contributed by atoms with E-state index in [0.717, 1.165) is 6.08 Å². The van der Waals surface area contributed by atoms with Crippen molar-refractivity contribution in [2.45, 2.75) is 12.5 Å². The molecule has 5 nitrogen and oxygen atoms in total. The van der Waals surface area contributed by atoms with Crippen LogP contribution in [0.5, 0.6) is 0 Å². The van der Waals surface area contributed by atoms with Crippen molar-refractivity contribution in [3.05, 3.63) is 12.7 Å². The lowest BCUT2D eigenvalue weighted by Crippen LogP contribution is -2.27. The second kappa shape index (κ2) is 7.72. The van der Waals surface area contributed by atoms with Crippen LogP contribution in [0, 0.1) is 0 Å². The van der Waals surface area contributed by atoms with Crippen LogP contribution in [-0.2, 0) is 9.53 Å². The van der Waals surface area contributed by atoms with Crippen LogP contribution >= 0.6 is 0 Å². The highest BCUT2D eigenvalue weighted by molar-refractivity contribution is 5.86. The predicted molar refractivity (Wildman–Crippen MR) is 46.9 cm³/mol. The van der Waals surface area contributed by atoms with Gasteiger partial charge in [-0.25, -0.2) is 0 Å². The SMILES string of the molecule is C=CC(=O)NCOCC(O)CCO. The summed E-state index contributed by atoms with van der Waals surface area (Å²) >= 11 is 0. The number of carbonyl (C=O) groups excluding carboxylic acids is 1. The maximum absolute atomic E-state index is 10.6. The van der Waals surface area contributed by atoms with Crippen molar-refractivity contribution >= 4 is 5.91 Å². The largest absolute Gasteiger partial charge is 0.396 e. The standard InChI is InChI=1S/C8H15NO4/c1-2-8(12)9-6-13-5-7(11)3-4-10/h2,7,10-11H,1,3-6H2,(H,9,12). The average Bonchev–Trinajstić information content (AvgIpc) is 2.12. The Morgan fingerprint density at radius 3 is 2.92 bits per heavy atom. The molecule has 1 unspecified atom stereocenters. The van der Waals surface area contributed by atoms with E-state index in [9.17, 15) is 4.79 Å². The molecule has 0 aromatic heterocycles. The molecule has 1 amide bonds. The molecule has 0 aliphatic carbocycles. The second-order valence-corrected chi connectivity index (χ2v) is 2.43. The number of hydrogen-bond donors (Lipinski definition) is 3. The number of carbonyl (C=O) groups is 1. The first-order chi connectivity index (χ1) is 6.20. The van der Waals surface area contributed by atoms with Gasteiger partial charge in [-0.2, -0.15) is 0 Å². The van der Waals surface area contributed by atoms with Gasteiger partial charge in [-0.15, -0.1) is 0 Å². The van der Waals surface area contributed by atoms with Gasteiger partial charge in [0.2, 0.25) is 5.91 Å². The monoisotopic (exact) mass is 189 g/mol. The van der Waals surface area contributed by atoms with Gasteiger partial charge in [0.15, 0.2) is 0 Å². The molecule has 5 heteroatoms. The first-order valence-electron chi connectivity index (χ1n) is 3.97. The minimum Gasteiger partial charge on any atom is -0.396 e. The lowest BCUT2D eigenvalue weighted by Gasteiger charge is -2.09. The van der Waals surface area contributed by atoms with Crippen molar-refractivity contribution in [1.82, 2.24) is 5.32 Å². The lowest BCUT2D eigenvalue weighted by molar-refractivity contribution is -0.118. The van der Waals surface area contributed by atoms with Gasteiger partial charge >= 0.3 is 0 Å². The zero-order valence-electron chi connectivity index (χ0n) is 7.40. The van der Waals surface area contributed by atoms with Gasteiger partial charge in [-0.05, 0) is 12.5 Å². The van der Waals surface area contributed by atoms with Crippen LogP contribution in [0.25, 0.3) is 0 Å². The van der Waals surface area contributed by atoms with E-state index < -0.39 is 6.10 Å². The minimum absolute atomic E-state index is 0.0351. The molecule has 1 atom stereocenters. The van der Waals surface area contributed by atoms with E-state index in [1.165, 1.54) is 0 Å². The zero-order chi connectivity index (χ0) is 10.1. The van der Waals surface area contributed by atoms with Gasteiger partial charge in [0.05, 0.1) is 12.7 Å². The van der Waals surface area contributed by atoms with Crippen LogP contribution in [0.3, 0.4) is 0 Å². The minimum atomic E-state index is -0.689. The molecule has 76 valence electrons. The molecule has 0 aliphatic heterocycles.